The SMILES string of the molecule is C[C@H](NC(=O)CCCC1CCCCC1)c1ccc(S(N)(=O)=O)cc1. The normalized spacial score (nSPS) is 17.4. The molecule has 0 heterocycles. The van der Waals surface area contributed by atoms with Crippen LogP contribution in [0.15, 0.2) is 29.2 Å². The standard InChI is InChI=1S/C18H28N2O3S/c1-14(16-10-12-17(13-11-16)24(19,22)23)20-18(21)9-5-8-15-6-3-2-4-7-15/h10-15H,2-9H2,1H3,(H,20,21)(H2,19,22,23)/t14-/m0/s1. The molecular formula is C18H28N2O3S. The van der Waals surface area contributed by atoms with E-state index in [2.05, 4.69) is 5.32 Å². The van der Waals surface area contributed by atoms with E-state index in [0.717, 1.165) is 24.3 Å². The summed E-state index contributed by atoms with van der Waals surface area (Å²) in [4.78, 5) is 12.1. The van der Waals surface area contributed by atoms with Crippen molar-refractivity contribution < 1.29 is 13.2 Å². The van der Waals surface area contributed by atoms with Crippen LogP contribution in [0.4, 0.5) is 0 Å². The van der Waals surface area contributed by atoms with Crippen LogP contribution in [0.2, 0.25) is 0 Å². The molecule has 0 aliphatic heterocycles. The average molecular weight is 352 g/mol. The summed E-state index contributed by atoms with van der Waals surface area (Å²) in [7, 11) is -3.68. The van der Waals surface area contributed by atoms with Crippen molar-refractivity contribution in [3.63, 3.8) is 0 Å². The lowest BCUT2D eigenvalue weighted by atomic mass is 9.86. The molecule has 0 saturated heterocycles. The summed E-state index contributed by atoms with van der Waals surface area (Å²) < 4.78 is 22.5. The number of nitrogens with two attached hydrogens (primary N) is 1. The van der Waals surface area contributed by atoms with Gasteiger partial charge in [0, 0.05) is 6.42 Å². The van der Waals surface area contributed by atoms with Crippen LogP contribution >= 0.6 is 0 Å². The highest BCUT2D eigenvalue weighted by Gasteiger charge is 2.15. The molecule has 0 aromatic heterocycles. The lowest BCUT2D eigenvalue weighted by Crippen LogP contribution is -2.26. The zero-order chi connectivity index (χ0) is 17.6. The quantitative estimate of drug-likeness (QED) is 0.789. The Hall–Kier alpha value is -1.40. The summed E-state index contributed by atoms with van der Waals surface area (Å²) in [6.07, 6.45) is 9.29. The van der Waals surface area contributed by atoms with Gasteiger partial charge in [-0.25, -0.2) is 13.6 Å². The number of hydrogen-bond donors (Lipinski definition) is 2. The second-order valence-electron chi connectivity index (χ2n) is 6.80. The lowest BCUT2D eigenvalue weighted by molar-refractivity contribution is -0.121. The number of sulfonamides is 1. The van der Waals surface area contributed by atoms with E-state index in [4.69, 9.17) is 5.14 Å². The summed E-state index contributed by atoms with van der Waals surface area (Å²) in [6.45, 7) is 1.89. The molecule has 3 N–H and O–H groups in total. The molecule has 1 fully saturated rings. The van der Waals surface area contributed by atoms with Crippen molar-refractivity contribution in [1.82, 2.24) is 5.32 Å². The van der Waals surface area contributed by atoms with E-state index in [1.165, 1.54) is 44.2 Å². The number of carbonyl (C=O) groups excluding carboxylic acids is 1. The van der Waals surface area contributed by atoms with Gasteiger partial charge in [0.2, 0.25) is 15.9 Å². The number of carbonyl (C=O) groups is 1. The first-order valence-electron chi connectivity index (χ1n) is 8.78. The summed E-state index contributed by atoms with van der Waals surface area (Å²) >= 11 is 0. The van der Waals surface area contributed by atoms with Crippen molar-refractivity contribution >= 4 is 15.9 Å². The van der Waals surface area contributed by atoms with Gasteiger partial charge in [-0.2, -0.15) is 0 Å². The third-order valence-electron chi connectivity index (χ3n) is 4.83. The fourth-order valence-corrected chi connectivity index (χ4v) is 3.89. The highest BCUT2D eigenvalue weighted by molar-refractivity contribution is 7.89. The lowest BCUT2D eigenvalue weighted by Gasteiger charge is -2.21. The number of rotatable bonds is 7. The number of benzene rings is 1. The maximum Gasteiger partial charge on any atom is 0.238 e. The van der Waals surface area contributed by atoms with Gasteiger partial charge < -0.3 is 5.32 Å². The molecule has 1 aliphatic carbocycles. The van der Waals surface area contributed by atoms with E-state index in [-0.39, 0.29) is 16.8 Å². The Morgan fingerprint density at radius 2 is 1.83 bits per heavy atom. The molecular weight excluding hydrogens is 324 g/mol. The Labute approximate surface area is 145 Å². The average Bonchev–Trinajstić information content (AvgIpc) is 2.55. The second-order valence-corrected chi connectivity index (χ2v) is 8.36. The summed E-state index contributed by atoms with van der Waals surface area (Å²) in [5, 5.41) is 8.05. The summed E-state index contributed by atoms with van der Waals surface area (Å²) in [5.41, 5.74) is 0.864. The molecule has 1 aliphatic rings. The number of hydrogen-bond acceptors (Lipinski definition) is 3. The Morgan fingerprint density at radius 3 is 2.42 bits per heavy atom. The Balaban J connectivity index is 1.76. The third-order valence-corrected chi connectivity index (χ3v) is 5.76. The molecule has 1 aromatic rings. The van der Waals surface area contributed by atoms with Crippen LogP contribution in [-0.2, 0) is 14.8 Å². The van der Waals surface area contributed by atoms with Crippen LogP contribution in [0.25, 0.3) is 0 Å². The summed E-state index contributed by atoms with van der Waals surface area (Å²) in [6, 6.07) is 6.16. The summed E-state index contributed by atoms with van der Waals surface area (Å²) in [5.74, 6) is 0.851. The molecule has 0 bridgehead atoms. The minimum Gasteiger partial charge on any atom is -0.350 e. The predicted octanol–water partition coefficient (Wildman–Crippen LogP) is 3.26. The molecule has 5 nitrogen and oxygen atoms in total. The minimum absolute atomic E-state index is 0.0498. The van der Waals surface area contributed by atoms with Gasteiger partial charge in [-0.15, -0.1) is 0 Å². The third kappa shape index (κ3) is 5.91. The van der Waals surface area contributed by atoms with Crippen molar-refractivity contribution in [2.75, 3.05) is 0 Å². The molecule has 0 spiro atoms. The first-order valence-corrected chi connectivity index (χ1v) is 10.3. The molecule has 1 aromatic carbocycles. The van der Waals surface area contributed by atoms with E-state index in [1.54, 1.807) is 12.1 Å². The van der Waals surface area contributed by atoms with Gasteiger partial charge in [-0.3, -0.25) is 4.79 Å². The van der Waals surface area contributed by atoms with Gasteiger partial charge in [0.05, 0.1) is 10.9 Å². The van der Waals surface area contributed by atoms with Crippen LogP contribution in [-0.4, -0.2) is 14.3 Å². The van der Waals surface area contributed by atoms with E-state index in [1.807, 2.05) is 6.92 Å². The van der Waals surface area contributed by atoms with Gasteiger partial charge in [-0.1, -0.05) is 44.2 Å². The molecule has 1 atom stereocenters. The van der Waals surface area contributed by atoms with Gasteiger partial charge in [0.1, 0.15) is 0 Å². The Bertz CT molecular complexity index is 635. The number of amides is 1. The van der Waals surface area contributed by atoms with Crippen LogP contribution in [0.5, 0.6) is 0 Å². The zero-order valence-electron chi connectivity index (χ0n) is 14.3. The molecule has 2 rings (SSSR count). The molecule has 6 heteroatoms. The largest absolute Gasteiger partial charge is 0.350 e. The second kappa shape index (κ2) is 8.62. The monoisotopic (exact) mass is 352 g/mol. The van der Waals surface area contributed by atoms with Crippen molar-refractivity contribution in [2.45, 2.75) is 69.2 Å². The van der Waals surface area contributed by atoms with Crippen LogP contribution in [0.3, 0.4) is 0 Å². The molecule has 1 amide bonds. The Kier molecular flexibility index (Phi) is 6.80. The van der Waals surface area contributed by atoms with E-state index in [9.17, 15) is 13.2 Å². The maximum atomic E-state index is 12.1. The van der Waals surface area contributed by atoms with Gasteiger partial charge in [0.15, 0.2) is 0 Å². The van der Waals surface area contributed by atoms with Gasteiger partial charge in [0.25, 0.3) is 0 Å². The van der Waals surface area contributed by atoms with Crippen LogP contribution < -0.4 is 10.5 Å². The Morgan fingerprint density at radius 1 is 1.21 bits per heavy atom. The fraction of sp³-hybridized carbons (Fsp3) is 0.611. The van der Waals surface area contributed by atoms with Crippen molar-refractivity contribution in [1.29, 1.82) is 0 Å². The topological polar surface area (TPSA) is 89.3 Å². The highest BCUT2D eigenvalue weighted by Crippen LogP contribution is 2.27. The van der Waals surface area contributed by atoms with Gasteiger partial charge in [-0.05, 0) is 43.4 Å². The van der Waals surface area contributed by atoms with Crippen LogP contribution in [0.1, 0.15) is 69.9 Å². The van der Waals surface area contributed by atoms with E-state index >= 15 is 0 Å². The minimum atomic E-state index is -3.68. The van der Waals surface area contributed by atoms with Crippen molar-refractivity contribution in [3.05, 3.63) is 29.8 Å². The molecule has 0 radical (unpaired) electrons. The molecule has 1 saturated carbocycles. The predicted molar refractivity (Wildman–Crippen MR) is 94.8 cm³/mol. The molecule has 24 heavy (non-hydrogen) atoms. The van der Waals surface area contributed by atoms with Gasteiger partial charge >= 0.3 is 0 Å². The first kappa shape index (κ1) is 18.9. The molecule has 0 unspecified atom stereocenters. The number of nitrogens with one attached hydrogen (secondary N) is 1. The highest BCUT2D eigenvalue weighted by atomic mass is 32.2. The van der Waals surface area contributed by atoms with E-state index in [0.29, 0.717) is 6.42 Å². The molecule has 134 valence electrons. The van der Waals surface area contributed by atoms with Crippen molar-refractivity contribution in [2.24, 2.45) is 11.1 Å². The smallest absolute Gasteiger partial charge is 0.238 e. The fourth-order valence-electron chi connectivity index (χ4n) is 3.37. The maximum absolute atomic E-state index is 12.1. The van der Waals surface area contributed by atoms with E-state index < -0.39 is 10.0 Å². The zero-order valence-corrected chi connectivity index (χ0v) is 15.1. The first-order chi connectivity index (χ1) is 11.4. The van der Waals surface area contributed by atoms with Crippen molar-refractivity contribution in [3.8, 4) is 0 Å². The van der Waals surface area contributed by atoms with Crippen LogP contribution in [0, 0.1) is 5.92 Å². The number of primary sulfonamides is 1.